The van der Waals surface area contributed by atoms with Crippen LogP contribution < -0.4 is 10.2 Å². The predicted octanol–water partition coefficient (Wildman–Crippen LogP) is 3.10. The summed E-state index contributed by atoms with van der Waals surface area (Å²) in [5.41, 5.74) is 5.05. The summed E-state index contributed by atoms with van der Waals surface area (Å²) in [7, 11) is 1.48. The Morgan fingerprint density at radius 2 is 2.17 bits per heavy atom. The number of hydrogen-bond donors (Lipinski definition) is 1. The van der Waals surface area contributed by atoms with Gasteiger partial charge in [0, 0.05) is 30.9 Å². The van der Waals surface area contributed by atoms with E-state index in [1.165, 1.54) is 23.9 Å². The minimum atomic E-state index is -0.0751. The third kappa shape index (κ3) is 3.54. The van der Waals surface area contributed by atoms with Gasteiger partial charge in [-0.3, -0.25) is 4.79 Å². The van der Waals surface area contributed by atoms with E-state index in [1.807, 2.05) is 6.08 Å². The van der Waals surface area contributed by atoms with Crippen LogP contribution in [0.4, 0.5) is 5.69 Å². The van der Waals surface area contributed by atoms with Crippen LogP contribution in [-0.4, -0.2) is 39.3 Å². The third-order valence-electron chi connectivity index (χ3n) is 5.00. The largest absolute Gasteiger partial charge is 0.469 e. The summed E-state index contributed by atoms with van der Waals surface area (Å²) in [5.74, 6) is -0.0400. The first kappa shape index (κ1) is 16.8. The van der Waals surface area contributed by atoms with Gasteiger partial charge >= 0.3 is 5.97 Å². The molecule has 2 aliphatic rings. The van der Waals surface area contributed by atoms with Crippen LogP contribution in [0.15, 0.2) is 30.9 Å². The van der Waals surface area contributed by atoms with Gasteiger partial charge in [0.15, 0.2) is 0 Å². The standard InChI is InChI=1S/C20H26N2O2/c1-3-15-6-7-18(17-5-4-10-21-14-17)19(13-15)22-11-8-16(9-12-22)20(23)24-2/h3,5-7,13,16,21H,1,4,8-12,14H2,2H3. The van der Waals surface area contributed by atoms with Crippen molar-refractivity contribution in [2.45, 2.75) is 19.3 Å². The molecule has 1 fully saturated rings. The molecule has 0 saturated carbocycles. The van der Waals surface area contributed by atoms with Gasteiger partial charge in [-0.15, -0.1) is 0 Å². The number of ether oxygens (including phenoxy) is 1. The number of carbonyl (C=O) groups excluding carboxylic acids is 1. The summed E-state index contributed by atoms with van der Waals surface area (Å²) in [6, 6.07) is 6.55. The Kier molecular flexibility index (Phi) is 5.36. The van der Waals surface area contributed by atoms with Gasteiger partial charge in [-0.05, 0) is 43.0 Å². The van der Waals surface area contributed by atoms with Crippen LogP contribution in [0.1, 0.15) is 30.4 Å². The van der Waals surface area contributed by atoms with Crippen molar-refractivity contribution in [3.63, 3.8) is 0 Å². The van der Waals surface area contributed by atoms with Gasteiger partial charge in [-0.2, -0.15) is 0 Å². The number of esters is 1. The van der Waals surface area contributed by atoms with Crippen LogP contribution in [0.3, 0.4) is 0 Å². The van der Waals surface area contributed by atoms with Crippen LogP contribution >= 0.6 is 0 Å². The summed E-state index contributed by atoms with van der Waals surface area (Å²) < 4.78 is 4.90. The van der Waals surface area contributed by atoms with E-state index in [-0.39, 0.29) is 11.9 Å². The van der Waals surface area contributed by atoms with Crippen LogP contribution in [-0.2, 0) is 9.53 Å². The molecule has 1 N–H and O–H groups in total. The molecule has 3 rings (SSSR count). The summed E-state index contributed by atoms with van der Waals surface area (Å²) >= 11 is 0. The van der Waals surface area contributed by atoms with E-state index in [1.54, 1.807) is 0 Å². The van der Waals surface area contributed by atoms with E-state index in [4.69, 9.17) is 4.74 Å². The zero-order valence-electron chi connectivity index (χ0n) is 14.4. The van der Waals surface area contributed by atoms with Crippen molar-refractivity contribution >= 4 is 23.3 Å². The number of nitrogens with zero attached hydrogens (tertiary/aromatic N) is 1. The zero-order valence-corrected chi connectivity index (χ0v) is 14.4. The molecule has 4 nitrogen and oxygen atoms in total. The molecular weight excluding hydrogens is 300 g/mol. The number of anilines is 1. The molecular formula is C20H26N2O2. The molecule has 2 aliphatic heterocycles. The molecule has 1 aromatic rings. The first-order chi connectivity index (χ1) is 11.7. The van der Waals surface area contributed by atoms with Crippen molar-refractivity contribution in [2.24, 2.45) is 5.92 Å². The molecule has 128 valence electrons. The number of piperidine rings is 1. The van der Waals surface area contributed by atoms with Crippen molar-refractivity contribution in [3.05, 3.63) is 42.0 Å². The second kappa shape index (κ2) is 7.67. The van der Waals surface area contributed by atoms with Crippen molar-refractivity contribution < 1.29 is 9.53 Å². The number of nitrogens with one attached hydrogen (secondary N) is 1. The number of carbonyl (C=O) groups is 1. The molecule has 0 atom stereocenters. The Labute approximate surface area is 144 Å². The van der Waals surface area contributed by atoms with E-state index in [0.29, 0.717) is 0 Å². The lowest BCUT2D eigenvalue weighted by atomic mass is 9.93. The number of rotatable bonds is 4. The Morgan fingerprint density at radius 1 is 1.38 bits per heavy atom. The topological polar surface area (TPSA) is 41.6 Å². The van der Waals surface area contributed by atoms with Gasteiger partial charge < -0.3 is 15.0 Å². The number of hydrogen-bond acceptors (Lipinski definition) is 4. The first-order valence-electron chi connectivity index (χ1n) is 8.72. The fourth-order valence-corrected chi connectivity index (χ4v) is 3.58. The van der Waals surface area contributed by atoms with E-state index >= 15 is 0 Å². The molecule has 0 unspecified atom stereocenters. The average Bonchev–Trinajstić information content (AvgIpc) is 2.67. The van der Waals surface area contributed by atoms with E-state index in [2.05, 4.69) is 41.1 Å². The highest BCUT2D eigenvalue weighted by Crippen LogP contribution is 2.33. The molecule has 4 heteroatoms. The van der Waals surface area contributed by atoms with E-state index < -0.39 is 0 Å². The Balaban J connectivity index is 1.85. The van der Waals surface area contributed by atoms with Crippen LogP contribution in [0.25, 0.3) is 11.6 Å². The Morgan fingerprint density at radius 3 is 2.79 bits per heavy atom. The minimum Gasteiger partial charge on any atom is -0.469 e. The lowest BCUT2D eigenvalue weighted by Crippen LogP contribution is -2.37. The maximum atomic E-state index is 11.8. The Bertz CT molecular complexity index is 643. The van der Waals surface area contributed by atoms with Crippen molar-refractivity contribution in [2.75, 3.05) is 38.2 Å². The third-order valence-corrected chi connectivity index (χ3v) is 5.00. The molecule has 0 aromatic heterocycles. The van der Waals surface area contributed by atoms with E-state index in [9.17, 15) is 4.79 Å². The molecule has 24 heavy (non-hydrogen) atoms. The molecule has 1 aromatic carbocycles. The average molecular weight is 326 g/mol. The highest BCUT2D eigenvalue weighted by molar-refractivity contribution is 5.80. The zero-order chi connectivity index (χ0) is 16.9. The smallest absolute Gasteiger partial charge is 0.308 e. The molecule has 2 heterocycles. The molecule has 0 bridgehead atoms. The molecule has 0 spiro atoms. The fraction of sp³-hybridized carbons (Fsp3) is 0.450. The highest BCUT2D eigenvalue weighted by atomic mass is 16.5. The SMILES string of the molecule is C=Cc1ccc(C2=CCCNC2)c(N2CCC(C(=O)OC)CC2)c1. The van der Waals surface area contributed by atoms with Crippen molar-refractivity contribution in [1.82, 2.24) is 5.32 Å². The highest BCUT2D eigenvalue weighted by Gasteiger charge is 2.27. The van der Waals surface area contributed by atoms with Gasteiger partial charge in [-0.25, -0.2) is 0 Å². The maximum absolute atomic E-state index is 11.8. The van der Waals surface area contributed by atoms with Crippen molar-refractivity contribution in [3.8, 4) is 0 Å². The lowest BCUT2D eigenvalue weighted by Gasteiger charge is -2.34. The number of methoxy groups -OCH3 is 1. The summed E-state index contributed by atoms with van der Waals surface area (Å²) in [6.45, 7) is 7.63. The van der Waals surface area contributed by atoms with Gasteiger partial charge in [-0.1, -0.05) is 30.9 Å². The summed E-state index contributed by atoms with van der Waals surface area (Å²) in [6.07, 6.45) is 7.00. The van der Waals surface area contributed by atoms with Gasteiger partial charge in [0.2, 0.25) is 0 Å². The first-order valence-corrected chi connectivity index (χ1v) is 8.72. The molecule has 0 amide bonds. The van der Waals surface area contributed by atoms with E-state index in [0.717, 1.165) is 51.0 Å². The lowest BCUT2D eigenvalue weighted by molar-refractivity contribution is -0.146. The van der Waals surface area contributed by atoms with Crippen molar-refractivity contribution in [1.29, 1.82) is 0 Å². The summed E-state index contributed by atoms with van der Waals surface area (Å²) in [5, 5.41) is 3.45. The van der Waals surface area contributed by atoms with Crippen LogP contribution in [0, 0.1) is 5.92 Å². The second-order valence-electron chi connectivity index (χ2n) is 6.46. The molecule has 0 aliphatic carbocycles. The van der Waals surface area contributed by atoms with Gasteiger partial charge in [0.1, 0.15) is 0 Å². The minimum absolute atomic E-state index is 0.0350. The molecule has 0 radical (unpaired) electrons. The normalized spacial score (nSPS) is 18.9. The monoisotopic (exact) mass is 326 g/mol. The predicted molar refractivity (Wildman–Crippen MR) is 98.9 cm³/mol. The van der Waals surface area contributed by atoms with Gasteiger partial charge in [0.05, 0.1) is 13.0 Å². The maximum Gasteiger partial charge on any atom is 0.308 e. The number of benzene rings is 1. The second-order valence-corrected chi connectivity index (χ2v) is 6.46. The quantitative estimate of drug-likeness (QED) is 0.863. The van der Waals surface area contributed by atoms with Crippen LogP contribution in [0.5, 0.6) is 0 Å². The van der Waals surface area contributed by atoms with Gasteiger partial charge in [0.25, 0.3) is 0 Å². The molecule has 1 saturated heterocycles. The Hall–Kier alpha value is -2.07. The van der Waals surface area contributed by atoms with Crippen LogP contribution in [0.2, 0.25) is 0 Å². The fourth-order valence-electron chi connectivity index (χ4n) is 3.58. The summed E-state index contributed by atoms with van der Waals surface area (Å²) in [4.78, 5) is 14.2.